The zero-order valence-electron chi connectivity index (χ0n) is 18.5. The Morgan fingerprint density at radius 1 is 1.09 bits per heavy atom. The number of aliphatic carboxylic acids is 1. The molecule has 1 heterocycles. The van der Waals surface area contributed by atoms with Gasteiger partial charge in [0, 0.05) is 26.1 Å². The fourth-order valence-corrected chi connectivity index (χ4v) is 4.72. The van der Waals surface area contributed by atoms with Crippen LogP contribution in [-0.4, -0.2) is 67.4 Å². The monoisotopic (exact) mass is 452 g/mol. The van der Waals surface area contributed by atoms with E-state index >= 15 is 0 Å². The quantitative estimate of drug-likeness (QED) is 0.669. The number of alkyl carbamates (subject to hydrolysis) is 1. The third-order valence-corrected chi connectivity index (χ3v) is 6.35. The number of fused-ring (bicyclic) bond motifs is 3. The molecule has 2 amide bonds. The fourth-order valence-electron chi connectivity index (χ4n) is 4.72. The molecule has 0 radical (unpaired) electrons. The third kappa shape index (κ3) is 4.85. The van der Waals surface area contributed by atoms with Crippen LogP contribution in [0.25, 0.3) is 11.1 Å². The number of nitrogens with zero attached hydrogens (tertiary/aromatic N) is 1. The second-order valence-electron chi connectivity index (χ2n) is 8.44. The highest BCUT2D eigenvalue weighted by Gasteiger charge is 2.33. The van der Waals surface area contributed by atoms with E-state index in [2.05, 4.69) is 17.4 Å². The van der Waals surface area contributed by atoms with Gasteiger partial charge in [0.15, 0.2) is 0 Å². The maximum absolute atomic E-state index is 13.0. The van der Waals surface area contributed by atoms with E-state index in [-0.39, 0.29) is 31.6 Å². The topological polar surface area (TPSA) is 105 Å². The average molecular weight is 453 g/mol. The van der Waals surface area contributed by atoms with Crippen molar-refractivity contribution < 1.29 is 29.0 Å². The van der Waals surface area contributed by atoms with E-state index in [1.165, 1.54) is 12.0 Å². The molecule has 8 nitrogen and oxygen atoms in total. The standard InChI is InChI=1S/C25H28N2O6/c1-32-15-22(23(28)27-12-6-7-16(13-27)24(29)30)26-25(31)33-14-21-19-10-4-2-8-17(19)18-9-3-5-11-20(18)21/h2-5,8-11,16,21-22H,6-7,12-15H2,1H3,(H,26,31)(H,29,30)/t16-,22?/m0/s1. The number of nitrogens with one attached hydrogen (secondary N) is 1. The summed E-state index contributed by atoms with van der Waals surface area (Å²) in [6, 6.07) is 15.2. The van der Waals surface area contributed by atoms with Crippen molar-refractivity contribution in [3.05, 3.63) is 59.7 Å². The Balaban J connectivity index is 1.40. The predicted octanol–water partition coefficient (Wildman–Crippen LogP) is 2.86. The van der Waals surface area contributed by atoms with Gasteiger partial charge in [-0.05, 0) is 35.1 Å². The highest BCUT2D eigenvalue weighted by Crippen LogP contribution is 2.44. The number of likely N-dealkylation sites (tertiary alicyclic amines) is 1. The van der Waals surface area contributed by atoms with Gasteiger partial charge >= 0.3 is 12.1 Å². The first kappa shape index (κ1) is 22.8. The molecule has 4 rings (SSSR count). The van der Waals surface area contributed by atoms with Crippen molar-refractivity contribution in [3.63, 3.8) is 0 Å². The molecule has 33 heavy (non-hydrogen) atoms. The molecule has 0 saturated carbocycles. The van der Waals surface area contributed by atoms with Crippen molar-refractivity contribution in [3.8, 4) is 11.1 Å². The molecule has 2 N–H and O–H groups in total. The maximum Gasteiger partial charge on any atom is 0.407 e. The molecular weight excluding hydrogens is 424 g/mol. The second-order valence-corrected chi connectivity index (χ2v) is 8.44. The van der Waals surface area contributed by atoms with Crippen LogP contribution >= 0.6 is 0 Å². The second kappa shape index (κ2) is 10.0. The molecule has 0 bridgehead atoms. The number of benzene rings is 2. The Labute approximate surface area is 192 Å². The van der Waals surface area contributed by atoms with Crippen LogP contribution in [0.1, 0.15) is 29.9 Å². The summed E-state index contributed by atoms with van der Waals surface area (Å²) in [6.45, 7) is 0.686. The lowest BCUT2D eigenvalue weighted by atomic mass is 9.98. The number of amides is 2. The summed E-state index contributed by atoms with van der Waals surface area (Å²) in [5, 5.41) is 11.9. The fraction of sp³-hybridized carbons (Fsp3) is 0.400. The summed E-state index contributed by atoms with van der Waals surface area (Å²) >= 11 is 0. The molecule has 174 valence electrons. The molecule has 1 aliphatic carbocycles. The van der Waals surface area contributed by atoms with E-state index in [0.29, 0.717) is 19.4 Å². The van der Waals surface area contributed by atoms with E-state index < -0.39 is 24.0 Å². The van der Waals surface area contributed by atoms with Gasteiger partial charge in [-0.1, -0.05) is 48.5 Å². The summed E-state index contributed by atoms with van der Waals surface area (Å²) in [6.07, 6.45) is 0.431. The summed E-state index contributed by atoms with van der Waals surface area (Å²) < 4.78 is 10.7. The minimum absolute atomic E-state index is 0.0305. The van der Waals surface area contributed by atoms with E-state index in [1.807, 2.05) is 36.4 Å². The number of carbonyl (C=O) groups is 3. The van der Waals surface area contributed by atoms with Crippen LogP contribution in [0.15, 0.2) is 48.5 Å². The molecular formula is C25H28N2O6. The van der Waals surface area contributed by atoms with Crippen molar-refractivity contribution in [2.75, 3.05) is 33.4 Å². The minimum Gasteiger partial charge on any atom is -0.481 e. The van der Waals surface area contributed by atoms with Crippen LogP contribution < -0.4 is 5.32 Å². The van der Waals surface area contributed by atoms with E-state index in [1.54, 1.807) is 0 Å². The first-order valence-electron chi connectivity index (χ1n) is 11.1. The molecule has 1 aliphatic heterocycles. The zero-order valence-corrected chi connectivity index (χ0v) is 18.5. The number of rotatable bonds is 7. The van der Waals surface area contributed by atoms with Crippen LogP contribution in [-0.2, 0) is 19.1 Å². The van der Waals surface area contributed by atoms with Gasteiger partial charge in [0.2, 0.25) is 5.91 Å². The van der Waals surface area contributed by atoms with Gasteiger partial charge in [-0.3, -0.25) is 9.59 Å². The summed E-state index contributed by atoms with van der Waals surface area (Å²) in [5.74, 6) is -1.96. The van der Waals surface area contributed by atoms with E-state index in [4.69, 9.17) is 9.47 Å². The number of carbonyl (C=O) groups excluding carboxylic acids is 2. The highest BCUT2D eigenvalue weighted by molar-refractivity contribution is 5.86. The minimum atomic E-state index is -0.946. The van der Waals surface area contributed by atoms with Crippen molar-refractivity contribution >= 4 is 18.0 Å². The molecule has 8 heteroatoms. The summed E-state index contributed by atoms with van der Waals surface area (Å²) in [4.78, 5) is 38.4. The molecule has 2 aliphatic rings. The first-order valence-corrected chi connectivity index (χ1v) is 11.1. The van der Waals surface area contributed by atoms with Gasteiger partial charge in [0.25, 0.3) is 0 Å². The molecule has 2 aromatic rings. The summed E-state index contributed by atoms with van der Waals surface area (Å²) in [7, 11) is 1.44. The number of hydrogen-bond donors (Lipinski definition) is 2. The van der Waals surface area contributed by atoms with Crippen molar-refractivity contribution in [1.29, 1.82) is 0 Å². The number of hydrogen-bond acceptors (Lipinski definition) is 5. The Bertz CT molecular complexity index is 994. The first-order chi connectivity index (χ1) is 16.0. The van der Waals surface area contributed by atoms with E-state index in [0.717, 1.165) is 22.3 Å². The molecule has 1 saturated heterocycles. The molecule has 0 spiro atoms. The largest absolute Gasteiger partial charge is 0.481 e. The lowest BCUT2D eigenvalue weighted by Crippen LogP contribution is -2.54. The lowest BCUT2D eigenvalue weighted by Gasteiger charge is -2.33. The van der Waals surface area contributed by atoms with Crippen LogP contribution in [0.5, 0.6) is 0 Å². The molecule has 2 aromatic carbocycles. The van der Waals surface area contributed by atoms with Gasteiger partial charge in [-0.2, -0.15) is 0 Å². The predicted molar refractivity (Wildman–Crippen MR) is 121 cm³/mol. The van der Waals surface area contributed by atoms with Crippen LogP contribution in [0.4, 0.5) is 4.79 Å². The van der Waals surface area contributed by atoms with Gasteiger partial charge in [-0.25, -0.2) is 4.79 Å². The Kier molecular flexibility index (Phi) is 6.93. The number of ether oxygens (including phenoxy) is 2. The molecule has 0 aromatic heterocycles. The van der Waals surface area contributed by atoms with Gasteiger partial charge < -0.3 is 24.8 Å². The van der Waals surface area contributed by atoms with Crippen LogP contribution in [0, 0.1) is 5.92 Å². The molecule has 2 atom stereocenters. The van der Waals surface area contributed by atoms with Crippen LogP contribution in [0.2, 0.25) is 0 Å². The highest BCUT2D eigenvalue weighted by atomic mass is 16.5. The number of carboxylic acids is 1. The van der Waals surface area contributed by atoms with Crippen molar-refractivity contribution in [2.45, 2.75) is 24.8 Å². The zero-order chi connectivity index (χ0) is 23.4. The number of methoxy groups -OCH3 is 1. The van der Waals surface area contributed by atoms with Gasteiger partial charge in [-0.15, -0.1) is 0 Å². The van der Waals surface area contributed by atoms with Gasteiger partial charge in [0.05, 0.1) is 12.5 Å². The molecule has 1 unspecified atom stereocenters. The van der Waals surface area contributed by atoms with E-state index in [9.17, 15) is 19.5 Å². The van der Waals surface area contributed by atoms with Crippen molar-refractivity contribution in [1.82, 2.24) is 10.2 Å². The SMILES string of the molecule is COCC(NC(=O)OCC1c2ccccc2-c2ccccc21)C(=O)N1CCC[C@H](C(=O)O)C1. The Hall–Kier alpha value is -3.39. The smallest absolute Gasteiger partial charge is 0.407 e. The van der Waals surface area contributed by atoms with Gasteiger partial charge in [0.1, 0.15) is 12.6 Å². The molecule has 1 fully saturated rings. The third-order valence-electron chi connectivity index (χ3n) is 6.35. The lowest BCUT2D eigenvalue weighted by molar-refractivity contribution is -0.146. The maximum atomic E-state index is 13.0. The van der Waals surface area contributed by atoms with Crippen LogP contribution in [0.3, 0.4) is 0 Å². The summed E-state index contributed by atoms with van der Waals surface area (Å²) in [5.41, 5.74) is 4.47. The number of carboxylic acid groups (broad SMARTS) is 1. The average Bonchev–Trinajstić information content (AvgIpc) is 3.16. The Morgan fingerprint density at radius 3 is 2.33 bits per heavy atom. The van der Waals surface area contributed by atoms with Crippen molar-refractivity contribution in [2.24, 2.45) is 5.92 Å². The number of piperidine rings is 1. The normalized spacial score (nSPS) is 18.2. The Morgan fingerprint density at radius 2 is 1.73 bits per heavy atom.